The van der Waals surface area contributed by atoms with E-state index >= 15 is 0 Å². The lowest BCUT2D eigenvalue weighted by Crippen LogP contribution is -1.98. The summed E-state index contributed by atoms with van der Waals surface area (Å²) >= 11 is 0. The molecule has 9 nitrogen and oxygen atoms in total. The molecule has 0 atom stereocenters. The minimum absolute atomic E-state index is 0.190. The molecule has 1 fully saturated rings. The summed E-state index contributed by atoms with van der Waals surface area (Å²) in [5.41, 5.74) is 8.36. The fourth-order valence-corrected chi connectivity index (χ4v) is 2.34. The van der Waals surface area contributed by atoms with E-state index in [2.05, 4.69) is 20.2 Å². The Morgan fingerprint density at radius 3 is 2.87 bits per heavy atom. The minimum atomic E-state index is -0.621. The number of aromatic amines is 1. The molecule has 0 unspecified atom stereocenters. The number of nitrogens with zero attached hydrogens (tertiary/aromatic N) is 4. The van der Waals surface area contributed by atoms with Crippen molar-refractivity contribution in [2.24, 2.45) is 0 Å². The van der Waals surface area contributed by atoms with E-state index in [1.807, 2.05) is 6.07 Å². The van der Waals surface area contributed by atoms with Crippen molar-refractivity contribution in [2.45, 2.75) is 18.8 Å². The summed E-state index contributed by atoms with van der Waals surface area (Å²) in [6.45, 7) is 0. The Kier molecular flexibility index (Phi) is 2.86. The second-order valence-corrected chi connectivity index (χ2v) is 5.37. The molecular formula is C14H12N6O3. The summed E-state index contributed by atoms with van der Waals surface area (Å²) in [7, 11) is 0. The first kappa shape index (κ1) is 13.4. The lowest BCUT2D eigenvalue weighted by molar-refractivity contribution is -0.401. The Morgan fingerprint density at radius 1 is 1.39 bits per heavy atom. The van der Waals surface area contributed by atoms with Crippen molar-refractivity contribution in [3.63, 3.8) is 0 Å². The third-order valence-electron chi connectivity index (χ3n) is 3.70. The highest BCUT2D eigenvalue weighted by molar-refractivity contribution is 5.71. The second-order valence-electron chi connectivity index (χ2n) is 5.37. The summed E-state index contributed by atoms with van der Waals surface area (Å²) in [6, 6.07) is 4.63. The van der Waals surface area contributed by atoms with E-state index in [9.17, 15) is 10.1 Å². The Labute approximate surface area is 129 Å². The van der Waals surface area contributed by atoms with Crippen molar-refractivity contribution >= 4 is 11.7 Å². The van der Waals surface area contributed by atoms with Gasteiger partial charge in [-0.2, -0.15) is 5.10 Å². The van der Waals surface area contributed by atoms with Crippen molar-refractivity contribution in [2.75, 3.05) is 5.73 Å². The van der Waals surface area contributed by atoms with Gasteiger partial charge in [0.15, 0.2) is 11.6 Å². The lowest BCUT2D eigenvalue weighted by Gasteiger charge is -2.02. The van der Waals surface area contributed by atoms with E-state index in [1.165, 1.54) is 25.0 Å². The zero-order valence-corrected chi connectivity index (χ0v) is 11.9. The monoisotopic (exact) mass is 312 g/mol. The van der Waals surface area contributed by atoms with E-state index < -0.39 is 4.92 Å². The van der Waals surface area contributed by atoms with Gasteiger partial charge in [-0.25, -0.2) is 9.97 Å². The largest absolute Gasteiger partial charge is 0.433 e. The number of H-pyrrole nitrogens is 1. The molecule has 3 heterocycles. The topological polar surface area (TPSA) is 137 Å². The van der Waals surface area contributed by atoms with Crippen LogP contribution >= 0.6 is 0 Å². The molecule has 0 spiro atoms. The first-order valence-corrected chi connectivity index (χ1v) is 7.04. The molecule has 4 rings (SSSR count). The Balaban J connectivity index is 1.66. The third-order valence-corrected chi connectivity index (χ3v) is 3.70. The van der Waals surface area contributed by atoms with Crippen LogP contribution in [0.5, 0.6) is 0 Å². The molecule has 1 aliphatic rings. The Bertz CT molecular complexity index is 896. The Hall–Kier alpha value is -3.23. The fraction of sp³-hybridized carbons (Fsp3) is 0.214. The molecule has 3 aromatic rings. The predicted molar refractivity (Wildman–Crippen MR) is 80.4 cm³/mol. The van der Waals surface area contributed by atoms with Gasteiger partial charge in [0.25, 0.3) is 0 Å². The number of aromatic nitrogens is 4. The van der Waals surface area contributed by atoms with Gasteiger partial charge >= 0.3 is 5.88 Å². The molecule has 1 aliphatic carbocycles. The van der Waals surface area contributed by atoms with E-state index in [0.29, 0.717) is 17.2 Å². The quantitative estimate of drug-likeness (QED) is 0.557. The fourth-order valence-electron chi connectivity index (χ4n) is 2.34. The molecule has 3 aromatic heterocycles. The molecule has 3 N–H and O–H groups in total. The van der Waals surface area contributed by atoms with Crippen LogP contribution in [-0.4, -0.2) is 25.1 Å². The number of hydrogen-bond acceptors (Lipinski definition) is 7. The molecule has 0 aliphatic heterocycles. The highest BCUT2D eigenvalue weighted by atomic mass is 16.6. The van der Waals surface area contributed by atoms with Gasteiger partial charge < -0.3 is 10.2 Å². The summed E-state index contributed by atoms with van der Waals surface area (Å²) in [6.07, 6.45) is 3.88. The van der Waals surface area contributed by atoms with Gasteiger partial charge in [0.05, 0.1) is 17.3 Å². The maximum absolute atomic E-state index is 10.6. The van der Waals surface area contributed by atoms with Crippen LogP contribution in [0.3, 0.4) is 0 Å². The molecule has 0 amide bonds. The number of nitrogens with one attached hydrogen (secondary N) is 1. The van der Waals surface area contributed by atoms with Crippen LogP contribution < -0.4 is 5.73 Å². The van der Waals surface area contributed by atoms with Gasteiger partial charge in [0.2, 0.25) is 0 Å². The van der Waals surface area contributed by atoms with Crippen LogP contribution in [0, 0.1) is 10.1 Å². The average Bonchev–Trinajstić information content (AvgIpc) is 3.07. The second kappa shape index (κ2) is 4.90. The van der Waals surface area contributed by atoms with Gasteiger partial charge in [-0.15, -0.1) is 0 Å². The van der Waals surface area contributed by atoms with Crippen molar-refractivity contribution in [1.29, 1.82) is 0 Å². The molecule has 0 aromatic carbocycles. The van der Waals surface area contributed by atoms with Gasteiger partial charge in [0, 0.05) is 17.8 Å². The number of nitro groups is 1. The van der Waals surface area contributed by atoms with E-state index in [0.717, 1.165) is 5.69 Å². The normalized spacial score (nSPS) is 14.1. The first-order valence-electron chi connectivity index (χ1n) is 7.04. The van der Waals surface area contributed by atoms with Crippen LogP contribution in [0.1, 0.15) is 24.5 Å². The highest BCUT2D eigenvalue weighted by Gasteiger charge is 2.26. The summed E-state index contributed by atoms with van der Waals surface area (Å²) in [4.78, 5) is 18.4. The number of hydrogen-bond donors (Lipinski definition) is 2. The van der Waals surface area contributed by atoms with Crippen molar-refractivity contribution < 1.29 is 9.34 Å². The van der Waals surface area contributed by atoms with E-state index in [-0.39, 0.29) is 23.3 Å². The minimum Gasteiger partial charge on any atom is -0.397 e. The van der Waals surface area contributed by atoms with Gasteiger partial charge in [-0.3, -0.25) is 15.2 Å². The van der Waals surface area contributed by atoms with Crippen molar-refractivity contribution in [1.82, 2.24) is 20.2 Å². The highest BCUT2D eigenvalue weighted by Crippen LogP contribution is 2.40. The van der Waals surface area contributed by atoms with Gasteiger partial charge in [-0.05, 0) is 25.0 Å². The van der Waals surface area contributed by atoms with Crippen molar-refractivity contribution in [3.05, 3.63) is 40.2 Å². The van der Waals surface area contributed by atoms with Gasteiger partial charge in [-0.1, -0.05) is 0 Å². The number of anilines is 1. The molecular weight excluding hydrogens is 300 g/mol. The zero-order chi connectivity index (χ0) is 16.0. The lowest BCUT2D eigenvalue weighted by atomic mass is 10.2. The SMILES string of the molecule is Nc1nc(-c2ccc([N+](=O)[O-])o2)ncc1-c1cc(C2CC2)[nH]n1. The summed E-state index contributed by atoms with van der Waals surface area (Å²) in [5.74, 6) is 0.810. The standard InChI is InChI=1S/C14H12N6O3/c15-13-8(10-5-9(18-19-10)7-1-2-7)6-16-14(17-13)11-3-4-12(23-11)20(21)22/h3-7H,1-2H2,(H,18,19)(H2,15,16,17). The zero-order valence-electron chi connectivity index (χ0n) is 11.9. The summed E-state index contributed by atoms with van der Waals surface area (Å²) < 4.78 is 5.07. The number of furan rings is 1. The van der Waals surface area contributed by atoms with Crippen LogP contribution in [0.25, 0.3) is 22.8 Å². The van der Waals surface area contributed by atoms with Crippen LogP contribution in [0.4, 0.5) is 11.7 Å². The molecule has 23 heavy (non-hydrogen) atoms. The molecule has 0 saturated heterocycles. The molecule has 1 saturated carbocycles. The maximum Gasteiger partial charge on any atom is 0.433 e. The van der Waals surface area contributed by atoms with Crippen molar-refractivity contribution in [3.8, 4) is 22.8 Å². The van der Waals surface area contributed by atoms with Crippen LogP contribution in [-0.2, 0) is 0 Å². The molecule has 0 radical (unpaired) electrons. The third kappa shape index (κ3) is 2.41. The first-order chi connectivity index (χ1) is 11.1. The van der Waals surface area contributed by atoms with E-state index in [4.69, 9.17) is 10.2 Å². The number of nitrogens with two attached hydrogens (primary N) is 1. The smallest absolute Gasteiger partial charge is 0.397 e. The summed E-state index contributed by atoms with van der Waals surface area (Å²) in [5, 5.41) is 17.9. The van der Waals surface area contributed by atoms with Crippen LogP contribution in [0.2, 0.25) is 0 Å². The predicted octanol–water partition coefficient (Wildman–Crippen LogP) is 2.49. The Morgan fingerprint density at radius 2 is 2.22 bits per heavy atom. The van der Waals surface area contributed by atoms with Gasteiger partial charge in [0.1, 0.15) is 10.7 Å². The average molecular weight is 312 g/mol. The maximum atomic E-state index is 10.6. The van der Waals surface area contributed by atoms with Crippen LogP contribution in [0.15, 0.2) is 28.8 Å². The molecule has 0 bridgehead atoms. The van der Waals surface area contributed by atoms with E-state index in [1.54, 1.807) is 6.20 Å². The molecule has 116 valence electrons. The molecule has 9 heteroatoms. The number of nitrogen functional groups attached to an aromatic ring is 1. The number of rotatable bonds is 4.